The Labute approximate surface area is 211 Å². The van der Waals surface area contributed by atoms with Crippen molar-refractivity contribution in [1.82, 2.24) is 14.8 Å². The van der Waals surface area contributed by atoms with E-state index in [1.807, 2.05) is 13.8 Å². The van der Waals surface area contributed by atoms with Crippen LogP contribution in [0.3, 0.4) is 0 Å². The Morgan fingerprint density at radius 2 is 1.83 bits per heavy atom. The number of benzene rings is 2. The zero-order valence-corrected chi connectivity index (χ0v) is 20.8. The number of nitrogens with zero attached hydrogens (tertiary/aromatic N) is 3. The number of carbonyl (C=O) groups is 1. The number of alkyl halides is 3. The number of ether oxygens (including phenoxy) is 1. The van der Waals surface area contributed by atoms with Gasteiger partial charge in [0.1, 0.15) is 5.82 Å². The van der Waals surface area contributed by atoms with Crippen molar-refractivity contribution in [1.29, 1.82) is 0 Å². The van der Waals surface area contributed by atoms with Gasteiger partial charge in [0, 0.05) is 10.8 Å². The number of carboxylic acids is 1. The molecule has 0 aliphatic rings. The lowest BCUT2D eigenvalue weighted by atomic mass is 10.1. The van der Waals surface area contributed by atoms with Crippen molar-refractivity contribution >= 4 is 29.1 Å². The van der Waals surface area contributed by atoms with Crippen LogP contribution < -0.4 is 4.74 Å². The molecule has 6 nitrogen and oxygen atoms in total. The van der Waals surface area contributed by atoms with Crippen molar-refractivity contribution < 1.29 is 32.2 Å². The molecule has 0 saturated carbocycles. The van der Waals surface area contributed by atoms with E-state index in [2.05, 4.69) is 10.1 Å². The second kappa shape index (κ2) is 9.94. The van der Waals surface area contributed by atoms with Gasteiger partial charge < -0.3 is 9.84 Å². The molecule has 0 aliphatic heterocycles. The fourth-order valence-electron chi connectivity index (χ4n) is 3.46. The molecule has 0 saturated heterocycles. The molecule has 0 unspecified atom stereocenters. The number of carboxylic acid groups (broad SMARTS) is 1. The first kappa shape index (κ1) is 25.7. The van der Waals surface area contributed by atoms with Gasteiger partial charge in [-0.2, -0.15) is 17.9 Å². The summed E-state index contributed by atoms with van der Waals surface area (Å²) in [5.41, 5.74) is 0.104. The van der Waals surface area contributed by atoms with Crippen molar-refractivity contribution in [2.24, 2.45) is 0 Å². The summed E-state index contributed by atoms with van der Waals surface area (Å²) in [6.07, 6.45) is -4.48. The maximum Gasteiger partial charge on any atom is 0.416 e. The minimum absolute atomic E-state index is 0.0395. The van der Waals surface area contributed by atoms with Crippen LogP contribution in [-0.2, 0) is 6.18 Å². The lowest BCUT2D eigenvalue weighted by Crippen LogP contribution is -2.09. The highest BCUT2D eigenvalue weighted by molar-refractivity contribution is 8.01. The molecule has 0 radical (unpaired) electrons. The van der Waals surface area contributed by atoms with Crippen molar-refractivity contribution in [3.05, 3.63) is 65.6 Å². The van der Waals surface area contributed by atoms with Gasteiger partial charge in [0.05, 0.1) is 28.1 Å². The summed E-state index contributed by atoms with van der Waals surface area (Å²) < 4.78 is 60.1. The number of aromatic nitrogens is 3. The van der Waals surface area contributed by atoms with Crippen molar-refractivity contribution in [3.8, 4) is 33.4 Å². The third kappa shape index (κ3) is 5.09. The predicted molar refractivity (Wildman–Crippen MR) is 130 cm³/mol. The minimum atomic E-state index is -4.48. The van der Waals surface area contributed by atoms with E-state index in [0.717, 1.165) is 28.2 Å². The Morgan fingerprint density at radius 3 is 2.39 bits per heavy atom. The number of aromatic carboxylic acids is 1. The van der Waals surface area contributed by atoms with E-state index in [1.165, 1.54) is 55.3 Å². The van der Waals surface area contributed by atoms with Gasteiger partial charge in [-0.25, -0.2) is 14.2 Å². The summed E-state index contributed by atoms with van der Waals surface area (Å²) in [4.78, 5) is 16.9. The number of thioether (sulfide) groups is 1. The van der Waals surface area contributed by atoms with E-state index >= 15 is 0 Å². The zero-order valence-electron chi connectivity index (χ0n) is 19.1. The average molecular weight is 538 g/mol. The number of thiazole rings is 1. The van der Waals surface area contributed by atoms with E-state index in [9.17, 15) is 27.5 Å². The Bertz CT molecular complexity index is 1410. The Hall–Kier alpha value is -3.38. The monoisotopic (exact) mass is 537 g/mol. The van der Waals surface area contributed by atoms with Gasteiger partial charge in [-0.15, -0.1) is 16.9 Å². The summed E-state index contributed by atoms with van der Waals surface area (Å²) in [6.45, 7) is 3.89. The maximum atomic E-state index is 13.9. The van der Waals surface area contributed by atoms with Gasteiger partial charge >= 0.3 is 12.1 Å². The van der Waals surface area contributed by atoms with Crippen LogP contribution in [0.5, 0.6) is 5.88 Å². The molecule has 188 valence electrons. The number of hydrogen-bond donors (Lipinski definition) is 1. The third-order valence-corrected chi connectivity index (χ3v) is 7.20. The summed E-state index contributed by atoms with van der Waals surface area (Å²) in [5, 5.41) is 14.6. The molecule has 0 fully saturated rings. The quantitative estimate of drug-likeness (QED) is 0.202. The summed E-state index contributed by atoms with van der Waals surface area (Å²) in [5.74, 6) is -1.94. The SMILES string of the molecule is COc1nn(-c2nc(-c3ccc(C(F)(F)F)cc3)c(SC(C)C)s2)c(C(=O)O)c1-c1cccc(F)c1. The molecule has 0 spiro atoms. The highest BCUT2D eigenvalue weighted by atomic mass is 32.2. The molecule has 0 atom stereocenters. The van der Waals surface area contributed by atoms with Crippen LogP contribution in [0.2, 0.25) is 0 Å². The standard InChI is InChI=1S/C24H19F4N3O3S2/c1-12(2)35-22-18(13-7-9-15(10-8-13)24(26,27)28)29-23(36-22)31-19(21(32)33)17(20(30-31)34-3)14-5-4-6-16(25)11-14/h4-12H,1-3H3,(H,32,33). The van der Waals surface area contributed by atoms with Crippen molar-refractivity contribution in [2.45, 2.75) is 29.5 Å². The zero-order chi connectivity index (χ0) is 26.2. The van der Waals surface area contributed by atoms with Crippen LogP contribution in [-0.4, -0.2) is 38.2 Å². The number of methoxy groups -OCH3 is 1. The first-order chi connectivity index (χ1) is 17.0. The molecule has 2 aromatic heterocycles. The molecular weight excluding hydrogens is 518 g/mol. The second-order valence-corrected chi connectivity index (χ2v) is 10.7. The molecule has 12 heteroatoms. The van der Waals surface area contributed by atoms with Crippen molar-refractivity contribution in [3.63, 3.8) is 0 Å². The van der Waals surface area contributed by atoms with Crippen LogP contribution in [0.25, 0.3) is 27.5 Å². The van der Waals surface area contributed by atoms with Crippen molar-refractivity contribution in [2.75, 3.05) is 7.11 Å². The van der Waals surface area contributed by atoms with E-state index in [-0.39, 0.29) is 33.1 Å². The first-order valence-electron chi connectivity index (χ1n) is 10.5. The molecule has 0 bridgehead atoms. The Kier molecular flexibility index (Phi) is 7.10. The molecule has 2 aromatic carbocycles. The number of halogens is 4. The fraction of sp³-hybridized carbons (Fsp3) is 0.208. The lowest BCUT2D eigenvalue weighted by Gasteiger charge is -2.08. The molecule has 1 N–H and O–H groups in total. The minimum Gasteiger partial charge on any atom is -0.479 e. The van der Waals surface area contributed by atoms with Gasteiger partial charge in [0.25, 0.3) is 0 Å². The van der Waals surface area contributed by atoms with E-state index in [1.54, 1.807) is 0 Å². The number of hydrogen-bond acceptors (Lipinski definition) is 6. The fourth-order valence-corrected chi connectivity index (χ4v) is 5.94. The Morgan fingerprint density at radius 1 is 1.14 bits per heavy atom. The van der Waals surface area contributed by atoms with Crippen LogP contribution in [0.15, 0.2) is 52.7 Å². The van der Waals surface area contributed by atoms with E-state index in [0.29, 0.717) is 15.5 Å². The van der Waals surface area contributed by atoms with Crippen LogP contribution in [0, 0.1) is 5.82 Å². The summed E-state index contributed by atoms with van der Waals surface area (Å²) in [7, 11) is 1.32. The molecular formula is C24H19F4N3O3S2. The molecule has 4 aromatic rings. The molecule has 36 heavy (non-hydrogen) atoms. The summed E-state index contributed by atoms with van der Waals surface area (Å²) >= 11 is 2.58. The van der Waals surface area contributed by atoms with E-state index < -0.39 is 23.5 Å². The maximum absolute atomic E-state index is 13.9. The van der Waals surface area contributed by atoms with Gasteiger partial charge in [-0.3, -0.25) is 0 Å². The molecule has 0 amide bonds. The lowest BCUT2D eigenvalue weighted by molar-refractivity contribution is -0.137. The molecule has 0 aliphatic carbocycles. The van der Waals surface area contributed by atoms with Gasteiger partial charge in [-0.05, 0) is 29.8 Å². The van der Waals surface area contributed by atoms with Crippen LogP contribution >= 0.6 is 23.1 Å². The van der Waals surface area contributed by atoms with Crippen LogP contribution in [0.1, 0.15) is 29.9 Å². The smallest absolute Gasteiger partial charge is 0.416 e. The second-order valence-electron chi connectivity index (χ2n) is 7.83. The third-order valence-electron chi connectivity index (χ3n) is 4.96. The van der Waals surface area contributed by atoms with Gasteiger partial charge in [0.2, 0.25) is 11.0 Å². The highest BCUT2D eigenvalue weighted by Crippen LogP contribution is 2.42. The molecule has 4 rings (SSSR count). The predicted octanol–water partition coefficient (Wildman–Crippen LogP) is 7.03. The van der Waals surface area contributed by atoms with E-state index in [4.69, 9.17) is 4.74 Å². The summed E-state index contributed by atoms with van der Waals surface area (Å²) in [6, 6.07) is 9.97. The largest absolute Gasteiger partial charge is 0.479 e. The van der Waals surface area contributed by atoms with Gasteiger partial charge in [0.15, 0.2) is 5.69 Å². The average Bonchev–Trinajstić information content (AvgIpc) is 3.39. The topological polar surface area (TPSA) is 77.2 Å². The van der Waals surface area contributed by atoms with Crippen LogP contribution in [0.4, 0.5) is 17.6 Å². The number of rotatable bonds is 7. The highest BCUT2D eigenvalue weighted by Gasteiger charge is 2.31. The first-order valence-corrected chi connectivity index (χ1v) is 12.2. The normalized spacial score (nSPS) is 11.8. The molecule has 2 heterocycles. The van der Waals surface area contributed by atoms with Gasteiger partial charge in [-0.1, -0.05) is 49.4 Å². The Balaban J connectivity index is 1.90.